The molecule has 0 unspecified atom stereocenters. The summed E-state index contributed by atoms with van der Waals surface area (Å²) in [7, 11) is 0. The summed E-state index contributed by atoms with van der Waals surface area (Å²) in [6.45, 7) is -0.626. The van der Waals surface area contributed by atoms with Crippen LogP contribution in [0.1, 0.15) is 17.9 Å². The van der Waals surface area contributed by atoms with E-state index in [1.165, 1.54) is 24.2 Å². The van der Waals surface area contributed by atoms with Gasteiger partial charge in [-0.2, -0.15) is 8.78 Å². The first-order chi connectivity index (χ1) is 13.6. The third-order valence-electron chi connectivity index (χ3n) is 4.20. The molecule has 4 aromatic rings. The van der Waals surface area contributed by atoms with Crippen LogP contribution in [-0.2, 0) is 5.75 Å². The number of hydrogen-bond acceptors (Lipinski definition) is 5. The highest BCUT2D eigenvalue weighted by molar-refractivity contribution is 7.98. The van der Waals surface area contributed by atoms with Crippen molar-refractivity contribution in [3.8, 4) is 17.1 Å². The normalized spacial score (nSPS) is 11.3. The molecule has 0 aliphatic heterocycles. The summed E-state index contributed by atoms with van der Waals surface area (Å²) in [5, 5.41) is 9.24. The van der Waals surface area contributed by atoms with Gasteiger partial charge in [-0.05, 0) is 30.7 Å². The van der Waals surface area contributed by atoms with E-state index in [1.54, 1.807) is 12.4 Å². The van der Waals surface area contributed by atoms with Crippen LogP contribution in [0.25, 0.3) is 17.1 Å². The monoisotopic (exact) mass is 398 g/mol. The average molecular weight is 398 g/mol. The minimum Gasteiger partial charge on any atom is -0.277 e. The molecule has 0 radical (unpaired) electrons. The van der Waals surface area contributed by atoms with Crippen molar-refractivity contribution in [2.75, 3.05) is 0 Å². The SMILES string of the molecule is Cc1ccccc1-n1c(SCc2nccn2C(F)F)nnc1-c1cccnc1. The Morgan fingerprint density at radius 1 is 1.07 bits per heavy atom. The lowest BCUT2D eigenvalue weighted by atomic mass is 10.2. The molecule has 0 aliphatic carbocycles. The quantitative estimate of drug-likeness (QED) is 0.447. The molecule has 0 atom stereocenters. The first-order valence-corrected chi connectivity index (χ1v) is 9.48. The van der Waals surface area contributed by atoms with Gasteiger partial charge < -0.3 is 0 Å². The van der Waals surface area contributed by atoms with Crippen LogP contribution in [0.4, 0.5) is 8.78 Å². The molecular weight excluding hydrogens is 382 g/mol. The van der Waals surface area contributed by atoms with E-state index in [9.17, 15) is 8.78 Å². The number of rotatable bonds is 6. The van der Waals surface area contributed by atoms with E-state index in [-0.39, 0.29) is 11.6 Å². The van der Waals surface area contributed by atoms with Gasteiger partial charge in [0.15, 0.2) is 11.0 Å². The molecule has 28 heavy (non-hydrogen) atoms. The fourth-order valence-corrected chi connectivity index (χ4v) is 3.73. The van der Waals surface area contributed by atoms with Gasteiger partial charge in [0.2, 0.25) is 0 Å². The number of para-hydroxylation sites is 1. The molecule has 142 valence electrons. The number of pyridine rings is 1. The molecule has 0 spiro atoms. The smallest absolute Gasteiger partial charge is 0.277 e. The van der Waals surface area contributed by atoms with Crippen LogP contribution in [0.15, 0.2) is 66.3 Å². The van der Waals surface area contributed by atoms with Crippen molar-refractivity contribution in [3.05, 3.63) is 72.6 Å². The zero-order chi connectivity index (χ0) is 19.5. The van der Waals surface area contributed by atoms with Gasteiger partial charge in [0, 0.05) is 30.4 Å². The van der Waals surface area contributed by atoms with E-state index in [1.807, 2.05) is 47.9 Å². The summed E-state index contributed by atoms with van der Waals surface area (Å²) >= 11 is 1.31. The molecule has 3 aromatic heterocycles. The van der Waals surface area contributed by atoms with E-state index >= 15 is 0 Å². The van der Waals surface area contributed by atoms with Gasteiger partial charge in [-0.1, -0.05) is 30.0 Å². The maximum Gasteiger partial charge on any atom is 0.319 e. The van der Waals surface area contributed by atoms with Gasteiger partial charge in [0.05, 0.1) is 11.4 Å². The molecule has 0 saturated heterocycles. The second kappa shape index (κ2) is 7.89. The van der Waals surface area contributed by atoms with Gasteiger partial charge >= 0.3 is 6.55 Å². The Hall–Kier alpha value is -3.07. The summed E-state index contributed by atoms with van der Waals surface area (Å²) in [5.74, 6) is 1.17. The number of alkyl halides is 2. The maximum atomic E-state index is 13.1. The fraction of sp³-hybridized carbons (Fsp3) is 0.158. The lowest BCUT2D eigenvalue weighted by Crippen LogP contribution is -2.04. The number of nitrogens with zero attached hydrogens (tertiary/aromatic N) is 6. The zero-order valence-electron chi connectivity index (χ0n) is 14.9. The van der Waals surface area contributed by atoms with Crippen LogP contribution in [0.2, 0.25) is 0 Å². The Balaban J connectivity index is 1.74. The number of hydrogen-bond donors (Lipinski definition) is 0. The number of benzene rings is 1. The minimum atomic E-state index is -2.63. The van der Waals surface area contributed by atoms with Gasteiger partial charge in [0.25, 0.3) is 0 Å². The van der Waals surface area contributed by atoms with Crippen molar-refractivity contribution in [2.45, 2.75) is 24.4 Å². The summed E-state index contributed by atoms with van der Waals surface area (Å²) in [5.41, 5.74) is 2.79. The van der Waals surface area contributed by atoms with Crippen LogP contribution in [0.3, 0.4) is 0 Å². The fourth-order valence-electron chi connectivity index (χ4n) is 2.84. The number of halogens is 2. The predicted molar refractivity (Wildman–Crippen MR) is 102 cm³/mol. The summed E-state index contributed by atoms with van der Waals surface area (Å²) in [4.78, 5) is 8.19. The molecular formula is C19H16F2N6S. The molecule has 0 bridgehead atoms. The minimum absolute atomic E-state index is 0.244. The lowest BCUT2D eigenvalue weighted by Gasteiger charge is -2.13. The average Bonchev–Trinajstić information content (AvgIpc) is 3.34. The molecule has 0 fully saturated rings. The Bertz CT molecular complexity index is 1080. The standard InChI is InChI=1S/C19H16F2N6S/c1-13-5-2-3-7-15(13)27-17(14-6-4-8-22-11-14)24-25-19(27)28-12-16-23-9-10-26(16)18(20)21/h2-11,18H,12H2,1H3. The number of aryl methyl sites for hydroxylation is 1. The molecule has 4 rings (SSSR count). The molecule has 0 amide bonds. The Kier molecular flexibility index (Phi) is 5.16. The first-order valence-electron chi connectivity index (χ1n) is 8.49. The van der Waals surface area contributed by atoms with Crippen LogP contribution < -0.4 is 0 Å². The van der Waals surface area contributed by atoms with Crippen LogP contribution in [-0.4, -0.2) is 29.3 Å². The maximum absolute atomic E-state index is 13.1. The molecule has 0 saturated carbocycles. The Labute approximate surface area is 164 Å². The van der Waals surface area contributed by atoms with E-state index in [0.717, 1.165) is 21.4 Å². The van der Waals surface area contributed by atoms with Crippen LogP contribution >= 0.6 is 11.8 Å². The summed E-state index contributed by atoms with van der Waals surface area (Å²) in [6.07, 6.45) is 6.05. The van der Waals surface area contributed by atoms with E-state index in [2.05, 4.69) is 20.2 Å². The zero-order valence-corrected chi connectivity index (χ0v) is 15.7. The number of aromatic nitrogens is 6. The molecule has 0 aliphatic rings. The largest absolute Gasteiger partial charge is 0.319 e. The molecule has 9 heteroatoms. The predicted octanol–water partition coefficient (Wildman–Crippen LogP) is 4.52. The first kappa shape index (κ1) is 18.3. The van der Waals surface area contributed by atoms with Gasteiger partial charge in [0.1, 0.15) is 5.82 Å². The Morgan fingerprint density at radius 2 is 1.93 bits per heavy atom. The second-order valence-electron chi connectivity index (χ2n) is 5.99. The molecule has 1 aromatic carbocycles. The summed E-state index contributed by atoms with van der Waals surface area (Å²) < 4.78 is 28.9. The third kappa shape index (κ3) is 3.53. The molecule has 0 N–H and O–H groups in total. The highest BCUT2D eigenvalue weighted by Gasteiger charge is 2.19. The van der Waals surface area contributed by atoms with Crippen molar-refractivity contribution in [1.29, 1.82) is 0 Å². The van der Waals surface area contributed by atoms with Gasteiger partial charge in [-0.25, -0.2) is 4.98 Å². The topological polar surface area (TPSA) is 61.4 Å². The van der Waals surface area contributed by atoms with Crippen molar-refractivity contribution >= 4 is 11.8 Å². The van der Waals surface area contributed by atoms with Crippen molar-refractivity contribution in [1.82, 2.24) is 29.3 Å². The van der Waals surface area contributed by atoms with E-state index < -0.39 is 6.55 Å². The van der Waals surface area contributed by atoms with Crippen LogP contribution in [0.5, 0.6) is 0 Å². The van der Waals surface area contributed by atoms with Crippen molar-refractivity contribution in [2.24, 2.45) is 0 Å². The van der Waals surface area contributed by atoms with Crippen LogP contribution in [0, 0.1) is 6.92 Å². The Morgan fingerprint density at radius 3 is 2.68 bits per heavy atom. The highest BCUT2D eigenvalue weighted by Crippen LogP contribution is 2.31. The van der Waals surface area contributed by atoms with Crippen molar-refractivity contribution < 1.29 is 8.78 Å². The van der Waals surface area contributed by atoms with Crippen molar-refractivity contribution in [3.63, 3.8) is 0 Å². The van der Waals surface area contributed by atoms with Gasteiger partial charge in [-0.15, -0.1) is 10.2 Å². The highest BCUT2D eigenvalue weighted by atomic mass is 32.2. The van der Waals surface area contributed by atoms with E-state index in [0.29, 0.717) is 11.0 Å². The lowest BCUT2D eigenvalue weighted by molar-refractivity contribution is 0.0678. The van der Waals surface area contributed by atoms with E-state index in [4.69, 9.17) is 0 Å². The third-order valence-corrected chi connectivity index (χ3v) is 5.12. The number of thioether (sulfide) groups is 1. The van der Waals surface area contributed by atoms with Gasteiger partial charge in [-0.3, -0.25) is 14.1 Å². The summed E-state index contributed by atoms with van der Waals surface area (Å²) in [6, 6.07) is 11.6. The molecule has 3 heterocycles. The number of imidazole rings is 1. The molecule has 6 nitrogen and oxygen atoms in total. The second-order valence-corrected chi connectivity index (χ2v) is 6.93.